The maximum atomic E-state index is 13.9. The van der Waals surface area contributed by atoms with E-state index in [2.05, 4.69) is 10.2 Å². The van der Waals surface area contributed by atoms with Gasteiger partial charge in [-0.25, -0.2) is 8.78 Å². The molecule has 2 atom stereocenters. The third-order valence-electron chi connectivity index (χ3n) is 7.19. The Kier molecular flexibility index (Phi) is 4.42. The summed E-state index contributed by atoms with van der Waals surface area (Å²) in [6.07, 6.45) is 0.971. The first-order valence-electron chi connectivity index (χ1n) is 10.4. The standard InChI is InChI=1S/C22H22F2N4O4/c1-22-15-6-5-14-16(20(31)25-10-11-3-4-12(23)9-13(11)24)18(29)19(30)17(28(14)15)21(32)27(22)8-7-26(22)2/h3-4,9,15,30H,5-8,10H2,1-2H3,(H,25,31). The molecule has 4 heterocycles. The van der Waals surface area contributed by atoms with Crippen LogP contribution in [0.2, 0.25) is 0 Å². The van der Waals surface area contributed by atoms with Crippen LogP contribution >= 0.6 is 0 Å². The zero-order valence-electron chi connectivity index (χ0n) is 17.6. The molecule has 2 unspecified atom stereocenters. The fraction of sp³-hybridized carbons (Fsp3) is 0.409. The smallest absolute Gasteiger partial charge is 0.276 e. The van der Waals surface area contributed by atoms with E-state index >= 15 is 0 Å². The number of pyridine rings is 1. The molecular formula is C22H22F2N4O4. The van der Waals surface area contributed by atoms with Crippen molar-refractivity contribution in [2.45, 2.75) is 38.0 Å². The van der Waals surface area contributed by atoms with Gasteiger partial charge in [-0.15, -0.1) is 0 Å². The van der Waals surface area contributed by atoms with E-state index in [9.17, 15) is 28.3 Å². The van der Waals surface area contributed by atoms with Gasteiger partial charge in [0.2, 0.25) is 5.43 Å². The van der Waals surface area contributed by atoms with Gasteiger partial charge in [-0.05, 0) is 32.9 Å². The number of aromatic hydroxyl groups is 1. The Hall–Kier alpha value is -3.27. The lowest BCUT2D eigenvalue weighted by Gasteiger charge is -2.48. The molecule has 1 aromatic heterocycles. The number of halogens is 2. The molecule has 8 nitrogen and oxygen atoms in total. The molecule has 5 rings (SSSR count). The lowest BCUT2D eigenvalue weighted by Crippen LogP contribution is -2.61. The Morgan fingerprint density at radius 1 is 1.28 bits per heavy atom. The van der Waals surface area contributed by atoms with E-state index in [1.165, 1.54) is 6.07 Å². The number of hydrogen-bond donors (Lipinski definition) is 2. The van der Waals surface area contributed by atoms with E-state index in [0.29, 0.717) is 37.7 Å². The molecule has 10 heteroatoms. The van der Waals surface area contributed by atoms with Gasteiger partial charge in [0, 0.05) is 37.0 Å². The van der Waals surface area contributed by atoms with Crippen LogP contribution in [0.4, 0.5) is 8.78 Å². The topological polar surface area (TPSA) is 94.9 Å². The number of carbonyl (C=O) groups excluding carboxylic acids is 2. The molecule has 3 aliphatic rings. The fourth-order valence-electron chi connectivity index (χ4n) is 5.38. The van der Waals surface area contributed by atoms with E-state index in [1.54, 1.807) is 9.47 Å². The van der Waals surface area contributed by atoms with Crippen molar-refractivity contribution in [2.24, 2.45) is 0 Å². The van der Waals surface area contributed by atoms with Crippen LogP contribution < -0.4 is 10.7 Å². The zero-order valence-corrected chi connectivity index (χ0v) is 17.6. The molecule has 32 heavy (non-hydrogen) atoms. The van der Waals surface area contributed by atoms with Gasteiger partial charge in [0.15, 0.2) is 11.4 Å². The van der Waals surface area contributed by atoms with Crippen LogP contribution in [0.3, 0.4) is 0 Å². The molecular weight excluding hydrogens is 422 g/mol. The molecule has 1 saturated heterocycles. The zero-order chi connectivity index (χ0) is 22.9. The Morgan fingerprint density at radius 2 is 2.03 bits per heavy atom. The average molecular weight is 444 g/mol. The summed E-state index contributed by atoms with van der Waals surface area (Å²) in [5, 5.41) is 13.2. The summed E-state index contributed by atoms with van der Waals surface area (Å²) >= 11 is 0. The van der Waals surface area contributed by atoms with Crippen LogP contribution in [0.5, 0.6) is 5.75 Å². The molecule has 2 amide bonds. The van der Waals surface area contributed by atoms with Crippen LogP contribution in [0, 0.1) is 11.6 Å². The maximum Gasteiger partial charge on any atom is 0.276 e. The highest BCUT2D eigenvalue weighted by Gasteiger charge is 2.57. The summed E-state index contributed by atoms with van der Waals surface area (Å²) in [4.78, 5) is 42.9. The molecule has 0 spiro atoms. The quantitative estimate of drug-likeness (QED) is 0.746. The van der Waals surface area contributed by atoms with Gasteiger partial charge in [0.05, 0.1) is 6.04 Å². The summed E-state index contributed by atoms with van der Waals surface area (Å²) in [7, 11) is 1.92. The van der Waals surface area contributed by atoms with Crippen molar-refractivity contribution in [3.63, 3.8) is 0 Å². The predicted octanol–water partition coefficient (Wildman–Crippen LogP) is 1.37. The molecule has 2 aromatic rings. The molecule has 1 aromatic carbocycles. The van der Waals surface area contributed by atoms with Crippen molar-refractivity contribution in [1.82, 2.24) is 19.7 Å². The third-order valence-corrected chi connectivity index (χ3v) is 7.19. The van der Waals surface area contributed by atoms with E-state index in [1.807, 2.05) is 14.0 Å². The van der Waals surface area contributed by atoms with Crippen molar-refractivity contribution < 1.29 is 23.5 Å². The highest BCUT2D eigenvalue weighted by molar-refractivity contribution is 6.01. The number of likely N-dealkylation sites (N-methyl/N-ethyl adjacent to an activating group) is 1. The van der Waals surface area contributed by atoms with E-state index in [-0.39, 0.29) is 29.4 Å². The SMILES string of the molecule is CN1CCN2C(=O)c3c(O)c(=O)c(C(=O)NCc4ccc(F)cc4F)c4n3C(CC4)C12C. The number of nitrogens with zero attached hydrogens (tertiary/aromatic N) is 3. The summed E-state index contributed by atoms with van der Waals surface area (Å²) < 4.78 is 28.7. The molecule has 0 saturated carbocycles. The summed E-state index contributed by atoms with van der Waals surface area (Å²) in [6, 6.07) is 2.76. The number of carbonyl (C=O) groups is 2. The van der Waals surface area contributed by atoms with E-state index in [4.69, 9.17) is 0 Å². The summed E-state index contributed by atoms with van der Waals surface area (Å²) in [5.41, 5.74) is -1.44. The number of amides is 2. The van der Waals surface area contributed by atoms with Crippen LogP contribution in [-0.2, 0) is 13.0 Å². The van der Waals surface area contributed by atoms with Gasteiger partial charge in [-0.3, -0.25) is 19.3 Å². The summed E-state index contributed by atoms with van der Waals surface area (Å²) in [5.74, 6) is -3.52. The minimum atomic E-state index is -0.923. The number of hydrogen-bond acceptors (Lipinski definition) is 5. The van der Waals surface area contributed by atoms with Crippen molar-refractivity contribution in [2.75, 3.05) is 20.1 Å². The van der Waals surface area contributed by atoms with Gasteiger partial charge >= 0.3 is 0 Å². The first-order valence-corrected chi connectivity index (χ1v) is 10.4. The fourth-order valence-corrected chi connectivity index (χ4v) is 5.38. The van der Waals surface area contributed by atoms with Crippen molar-refractivity contribution in [3.05, 3.63) is 62.6 Å². The Balaban J connectivity index is 1.57. The largest absolute Gasteiger partial charge is 0.503 e. The van der Waals surface area contributed by atoms with Crippen molar-refractivity contribution in [3.8, 4) is 5.75 Å². The number of benzene rings is 1. The van der Waals surface area contributed by atoms with Crippen LogP contribution in [0.15, 0.2) is 23.0 Å². The molecule has 168 valence electrons. The van der Waals surface area contributed by atoms with Gasteiger partial charge in [0.1, 0.15) is 22.9 Å². The van der Waals surface area contributed by atoms with Crippen LogP contribution in [0.25, 0.3) is 0 Å². The number of aromatic nitrogens is 1. The second kappa shape index (κ2) is 6.86. The summed E-state index contributed by atoms with van der Waals surface area (Å²) in [6.45, 7) is 2.83. The molecule has 3 aliphatic heterocycles. The average Bonchev–Trinajstić information content (AvgIpc) is 3.30. The minimum Gasteiger partial charge on any atom is -0.503 e. The molecule has 0 bridgehead atoms. The van der Waals surface area contributed by atoms with Crippen LogP contribution in [-0.4, -0.2) is 57.1 Å². The Morgan fingerprint density at radius 3 is 2.75 bits per heavy atom. The minimum absolute atomic E-state index is 0.0576. The molecule has 2 N–H and O–H groups in total. The van der Waals surface area contributed by atoms with Crippen LogP contribution in [0.1, 0.15) is 51.5 Å². The first-order chi connectivity index (χ1) is 15.2. The Bertz CT molecular complexity index is 1240. The van der Waals surface area contributed by atoms with E-state index in [0.717, 1.165) is 6.07 Å². The Labute approximate surface area is 182 Å². The first kappa shape index (κ1) is 20.6. The number of fused-ring (bicyclic) bond motifs is 2. The normalized spacial score (nSPS) is 23.9. The van der Waals surface area contributed by atoms with Gasteiger partial charge in [-0.1, -0.05) is 6.07 Å². The third kappa shape index (κ3) is 2.59. The highest BCUT2D eigenvalue weighted by atomic mass is 19.1. The number of rotatable bonds is 3. The predicted molar refractivity (Wildman–Crippen MR) is 109 cm³/mol. The second-order valence-electron chi connectivity index (χ2n) is 8.66. The lowest BCUT2D eigenvalue weighted by molar-refractivity contribution is -0.0101. The maximum absolute atomic E-state index is 13.9. The molecule has 0 radical (unpaired) electrons. The van der Waals surface area contributed by atoms with Crippen molar-refractivity contribution >= 4 is 11.8 Å². The second-order valence-corrected chi connectivity index (χ2v) is 8.66. The monoisotopic (exact) mass is 444 g/mol. The van der Waals surface area contributed by atoms with Gasteiger partial charge < -0.3 is 19.9 Å². The van der Waals surface area contributed by atoms with E-state index < -0.39 is 40.3 Å². The lowest BCUT2D eigenvalue weighted by atomic mass is 9.94. The molecule has 1 fully saturated rings. The van der Waals surface area contributed by atoms with Gasteiger partial charge in [-0.2, -0.15) is 0 Å². The molecule has 0 aliphatic carbocycles. The van der Waals surface area contributed by atoms with Crippen molar-refractivity contribution in [1.29, 1.82) is 0 Å². The number of nitrogens with one attached hydrogen (secondary N) is 1. The van der Waals surface area contributed by atoms with Gasteiger partial charge in [0.25, 0.3) is 11.8 Å². The highest BCUT2D eigenvalue weighted by Crippen LogP contribution is 2.48.